The Kier molecular flexibility index (Phi) is 4.38. The van der Waals surface area contributed by atoms with Gasteiger partial charge in [0.05, 0.1) is 4.88 Å². The predicted molar refractivity (Wildman–Crippen MR) is 86.9 cm³/mol. The van der Waals surface area contributed by atoms with Gasteiger partial charge in [-0.05, 0) is 38.0 Å². The Morgan fingerprint density at radius 3 is 2.77 bits per heavy atom. The number of hydrogen-bond donors (Lipinski definition) is 1. The zero-order valence-electron chi connectivity index (χ0n) is 12.5. The lowest BCUT2D eigenvalue weighted by atomic mass is 10.2. The zero-order valence-corrected chi connectivity index (χ0v) is 13.4. The van der Waals surface area contributed by atoms with Gasteiger partial charge >= 0.3 is 0 Å². The normalized spacial score (nSPS) is 15.1. The molecule has 0 bridgehead atoms. The molecule has 1 saturated carbocycles. The number of nitrogens with one attached hydrogen (secondary N) is 1. The van der Waals surface area contributed by atoms with Gasteiger partial charge in [-0.25, -0.2) is 4.68 Å². The first-order valence-electron chi connectivity index (χ1n) is 7.56. The molecule has 5 nitrogen and oxygen atoms in total. The van der Waals surface area contributed by atoms with Crippen molar-refractivity contribution in [1.29, 1.82) is 0 Å². The molecule has 1 amide bonds. The van der Waals surface area contributed by atoms with Crippen LogP contribution in [0.2, 0.25) is 0 Å². The molecule has 0 aromatic carbocycles. The summed E-state index contributed by atoms with van der Waals surface area (Å²) in [6.45, 7) is 2.01. The quantitative estimate of drug-likeness (QED) is 0.941. The fourth-order valence-electron chi connectivity index (χ4n) is 2.75. The Morgan fingerprint density at radius 2 is 2.09 bits per heavy atom. The Labute approximate surface area is 133 Å². The van der Waals surface area contributed by atoms with Crippen LogP contribution in [0.25, 0.3) is 10.6 Å². The summed E-state index contributed by atoms with van der Waals surface area (Å²) in [7, 11) is 0. The average molecular weight is 317 g/mol. The molecule has 2 aromatic heterocycles. The molecule has 3 rings (SSSR count). The first-order chi connectivity index (χ1) is 10.6. The van der Waals surface area contributed by atoms with E-state index in [0.29, 0.717) is 0 Å². The van der Waals surface area contributed by atoms with Crippen LogP contribution >= 0.6 is 11.3 Å². The summed E-state index contributed by atoms with van der Waals surface area (Å²) < 4.78 is 1.24. The molecule has 22 heavy (non-hydrogen) atoms. The second kappa shape index (κ2) is 6.44. The molecular formula is C16H19N3O2S. The van der Waals surface area contributed by atoms with Crippen molar-refractivity contribution >= 4 is 17.2 Å². The molecule has 1 aliphatic carbocycles. The van der Waals surface area contributed by atoms with Crippen LogP contribution in [0, 0.1) is 6.92 Å². The summed E-state index contributed by atoms with van der Waals surface area (Å²) in [5, 5.41) is 7.31. The number of carbonyl (C=O) groups excluding carboxylic acids is 1. The lowest BCUT2D eigenvalue weighted by Gasteiger charge is -2.12. The third kappa shape index (κ3) is 3.44. The monoisotopic (exact) mass is 317 g/mol. The summed E-state index contributed by atoms with van der Waals surface area (Å²) in [4.78, 5) is 26.2. The van der Waals surface area contributed by atoms with Gasteiger partial charge in [-0.3, -0.25) is 9.59 Å². The fraction of sp³-hybridized carbons (Fsp3) is 0.438. The highest BCUT2D eigenvalue weighted by Crippen LogP contribution is 2.25. The van der Waals surface area contributed by atoms with Gasteiger partial charge < -0.3 is 5.32 Å². The van der Waals surface area contributed by atoms with E-state index >= 15 is 0 Å². The highest BCUT2D eigenvalue weighted by Gasteiger charge is 2.17. The Morgan fingerprint density at radius 1 is 1.32 bits per heavy atom. The minimum Gasteiger partial charge on any atom is -0.352 e. The predicted octanol–water partition coefficient (Wildman–Crippen LogP) is 2.34. The van der Waals surface area contributed by atoms with Gasteiger partial charge in [0.2, 0.25) is 5.91 Å². The molecule has 2 heterocycles. The van der Waals surface area contributed by atoms with Crippen LogP contribution in [0.5, 0.6) is 0 Å². The number of hydrogen-bond acceptors (Lipinski definition) is 4. The molecule has 0 unspecified atom stereocenters. The molecule has 1 aliphatic rings. The molecule has 0 spiro atoms. The van der Waals surface area contributed by atoms with Crippen molar-refractivity contribution in [3.05, 3.63) is 39.5 Å². The highest BCUT2D eigenvalue weighted by molar-refractivity contribution is 7.15. The van der Waals surface area contributed by atoms with Crippen molar-refractivity contribution in [1.82, 2.24) is 15.1 Å². The standard InChI is InChI=1S/C16H19N3O2S/c1-11-6-8-14(22-11)13-7-9-16(21)19(18-13)10-15(20)17-12-4-2-3-5-12/h6-9,12H,2-5,10H2,1H3,(H,17,20). The van der Waals surface area contributed by atoms with E-state index in [-0.39, 0.29) is 24.1 Å². The van der Waals surface area contributed by atoms with Crippen LogP contribution in [0.3, 0.4) is 0 Å². The zero-order chi connectivity index (χ0) is 15.5. The van der Waals surface area contributed by atoms with E-state index < -0.39 is 0 Å². The number of rotatable bonds is 4. The molecule has 0 radical (unpaired) electrons. The van der Waals surface area contributed by atoms with E-state index in [1.807, 2.05) is 19.1 Å². The molecule has 1 fully saturated rings. The molecule has 0 aliphatic heterocycles. The van der Waals surface area contributed by atoms with Crippen LogP contribution in [0.4, 0.5) is 0 Å². The SMILES string of the molecule is Cc1ccc(-c2ccc(=O)n(CC(=O)NC3CCCC3)n2)s1. The molecule has 2 aromatic rings. The Bertz CT molecular complexity index is 729. The fourth-order valence-corrected chi connectivity index (χ4v) is 3.58. The number of carbonyl (C=O) groups is 1. The van der Waals surface area contributed by atoms with E-state index in [9.17, 15) is 9.59 Å². The van der Waals surface area contributed by atoms with Crippen molar-refractivity contribution in [3.8, 4) is 10.6 Å². The molecule has 1 N–H and O–H groups in total. The number of aryl methyl sites for hydroxylation is 1. The van der Waals surface area contributed by atoms with E-state index in [0.717, 1.165) is 36.3 Å². The van der Waals surface area contributed by atoms with Crippen molar-refractivity contribution in [2.45, 2.75) is 45.2 Å². The third-order valence-electron chi connectivity index (χ3n) is 3.87. The number of aromatic nitrogens is 2. The molecule has 116 valence electrons. The van der Waals surface area contributed by atoms with Gasteiger partial charge in [0.1, 0.15) is 12.2 Å². The maximum absolute atomic E-state index is 12.1. The lowest BCUT2D eigenvalue weighted by molar-refractivity contribution is -0.122. The maximum Gasteiger partial charge on any atom is 0.267 e. The minimum absolute atomic E-state index is 0.0203. The summed E-state index contributed by atoms with van der Waals surface area (Å²) >= 11 is 1.62. The molecular weight excluding hydrogens is 298 g/mol. The van der Waals surface area contributed by atoms with E-state index in [2.05, 4.69) is 10.4 Å². The molecule has 0 atom stereocenters. The summed E-state index contributed by atoms with van der Waals surface area (Å²) in [5.74, 6) is -0.138. The maximum atomic E-state index is 12.1. The van der Waals surface area contributed by atoms with Gasteiger partial charge in [0, 0.05) is 17.0 Å². The average Bonchev–Trinajstić information content (AvgIpc) is 3.13. The van der Waals surface area contributed by atoms with Crippen LogP contribution in [0.15, 0.2) is 29.1 Å². The molecule has 0 saturated heterocycles. The Hall–Kier alpha value is -1.95. The van der Waals surface area contributed by atoms with Gasteiger partial charge in [0.15, 0.2) is 0 Å². The van der Waals surface area contributed by atoms with Gasteiger partial charge in [-0.1, -0.05) is 12.8 Å². The smallest absolute Gasteiger partial charge is 0.267 e. The second-order valence-electron chi connectivity index (χ2n) is 5.67. The van der Waals surface area contributed by atoms with Crippen molar-refractivity contribution < 1.29 is 4.79 Å². The Balaban J connectivity index is 1.75. The van der Waals surface area contributed by atoms with Crippen LogP contribution in [-0.2, 0) is 11.3 Å². The highest BCUT2D eigenvalue weighted by atomic mass is 32.1. The second-order valence-corrected chi connectivity index (χ2v) is 6.96. The van der Waals surface area contributed by atoms with Crippen molar-refractivity contribution in [2.75, 3.05) is 0 Å². The van der Waals surface area contributed by atoms with Gasteiger partial charge in [-0.15, -0.1) is 11.3 Å². The summed E-state index contributed by atoms with van der Waals surface area (Å²) in [5.41, 5.74) is 0.477. The largest absolute Gasteiger partial charge is 0.352 e. The van der Waals surface area contributed by atoms with E-state index in [1.165, 1.54) is 15.6 Å². The number of amides is 1. The van der Waals surface area contributed by atoms with Crippen LogP contribution < -0.4 is 10.9 Å². The third-order valence-corrected chi connectivity index (χ3v) is 4.90. The van der Waals surface area contributed by atoms with Gasteiger partial charge in [0.25, 0.3) is 5.56 Å². The summed E-state index contributed by atoms with van der Waals surface area (Å²) in [6, 6.07) is 7.44. The first kappa shape index (κ1) is 15.0. The van der Waals surface area contributed by atoms with Crippen LogP contribution in [-0.4, -0.2) is 21.7 Å². The van der Waals surface area contributed by atoms with Gasteiger partial charge in [-0.2, -0.15) is 5.10 Å². The van der Waals surface area contributed by atoms with Crippen molar-refractivity contribution in [2.24, 2.45) is 0 Å². The molecule has 6 heteroatoms. The lowest BCUT2D eigenvalue weighted by Crippen LogP contribution is -2.38. The first-order valence-corrected chi connectivity index (χ1v) is 8.38. The number of thiophene rings is 1. The number of nitrogens with zero attached hydrogens (tertiary/aromatic N) is 2. The van der Waals surface area contributed by atoms with Crippen LogP contribution in [0.1, 0.15) is 30.6 Å². The van der Waals surface area contributed by atoms with Crippen molar-refractivity contribution in [3.63, 3.8) is 0 Å². The van der Waals surface area contributed by atoms with E-state index in [1.54, 1.807) is 17.4 Å². The van der Waals surface area contributed by atoms with E-state index in [4.69, 9.17) is 0 Å². The summed E-state index contributed by atoms with van der Waals surface area (Å²) in [6.07, 6.45) is 4.39. The minimum atomic E-state index is -0.251. The topological polar surface area (TPSA) is 64.0 Å².